The van der Waals surface area contributed by atoms with E-state index in [2.05, 4.69) is 40.5 Å². The average Bonchev–Trinajstić information content (AvgIpc) is 3.18. The lowest BCUT2D eigenvalue weighted by Gasteiger charge is -2.06. The molecule has 1 heterocycles. The summed E-state index contributed by atoms with van der Waals surface area (Å²) in [6.07, 6.45) is 0. The van der Waals surface area contributed by atoms with Crippen molar-refractivity contribution in [2.24, 2.45) is 0 Å². The molecule has 122 valence electrons. The Hall–Kier alpha value is -2.85. The molecule has 0 saturated carbocycles. The van der Waals surface area contributed by atoms with Gasteiger partial charge >= 0.3 is 0 Å². The summed E-state index contributed by atoms with van der Waals surface area (Å²) in [4.78, 5) is 1.13. The first-order chi connectivity index (χ1) is 12.4. The molecule has 4 aromatic rings. The highest BCUT2D eigenvalue weighted by Gasteiger charge is 2.13. The second-order valence-corrected chi connectivity index (χ2v) is 6.57. The highest BCUT2D eigenvalue weighted by Crippen LogP contribution is 2.33. The van der Waals surface area contributed by atoms with Gasteiger partial charge in [-0.15, -0.1) is 22.0 Å². The van der Waals surface area contributed by atoms with E-state index in [0.717, 1.165) is 21.8 Å². The number of hydrogen-bond acceptors (Lipinski definition) is 4. The summed E-state index contributed by atoms with van der Waals surface area (Å²) < 4.78 is 5.91. The van der Waals surface area contributed by atoms with Gasteiger partial charge in [-0.3, -0.25) is 0 Å². The topological polar surface area (TPSA) is 38.9 Å². The van der Waals surface area contributed by atoms with Crippen LogP contribution in [-0.2, 0) is 5.75 Å². The third kappa shape index (κ3) is 3.64. The van der Waals surface area contributed by atoms with Gasteiger partial charge in [-0.25, -0.2) is 0 Å². The van der Waals surface area contributed by atoms with Crippen molar-refractivity contribution >= 4 is 11.8 Å². The molecule has 0 N–H and O–H groups in total. The molecule has 0 bridgehead atoms. The first-order valence-corrected chi connectivity index (χ1v) is 9.04. The Morgan fingerprint density at radius 3 is 2.12 bits per heavy atom. The van der Waals surface area contributed by atoms with Crippen molar-refractivity contribution < 1.29 is 4.42 Å². The molecule has 0 aliphatic heterocycles. The van der Waals surface area contributed by atoms with Crippen LogP contribution in [0.4, 0.5) is 0 Å². The van der Waals surface area contributed by atoms with Gasteiger partial charge in [0.1, 0.15) is 0 Å². The van der Waals surface area contributed by atoms with Crippen LogP contribution in [0.25, 0.3) is 22.9 Å². The van der Waals surface area contributed by atoms with E-state index in [9.17, 15) is 0 Å². The van der Waals surface area contributed by atoms with Gasteiger partial charge in [-0.2, -0.15) is 0 Å². The standard InChI is InChI=1S/C21H16N2OS/c1-3-9-16(10-4-1)15-25-19-14-8-7-13-18(19)21-23-22-20(24-21)17-11-5-2-6-12-17/h1-14H,15H2. The van der Waals surface area contributed by atoms with Gasteiger partial charge in [0.15, 0.2) is 0 Å². The molecule has 0 saturated heterocycles. The third-order valence-corrected chi connectivity index (χ3v) is 4.95. The minimum atomic E-state index is 0.540. The third-order valence-electron chi connectivity index (χ3n) is 3.80. The van der Waals surface area contributed by atoms with E-state index in [1.807, 2.05) is 54.6 Å². The highest BCUT2D eigenvalue weighted by molar-refractivity contribution is 7.98. The number of hydrogen-bond donors (Lipinski definition) is 0. The van der Waals surface area contributed by atoms with Gasteiger partial charge in [0.05, 0.1) is 5.56 Å². The van der Waals surface area contributed by atoms with Crippen molar-refractivity contribution in [3.8, 4) is 22.9 Å². The molecule has 0 aliphatic rings. The monoisotopic (exact) mass is 344 g/mol. The molecule has 0 fully saturated rings. The smallest absolute Gasteiger partial charge is 0.249 e. The summed E-state index contributed by atoms with van der Waals surface area (Å²) in [6, 6.07) is 28.4. The molecular formula is C21H16N2OS. The van der Waals surface area contributed by atoms with Crippen molar-refractivity contribution in [3.63, 3.8) is 0 Å². The molecule has 0 aliphatic carbocycles. The SMILES string of the molecule is c1ccc(CSc2ccccc2-c2nnc(-c3ccccc3)o2)cc1. The van der Waals surface area contributed by atoms with E-state index < -0.39 is 0 Å². The lowest BCUT2D eigenvalue weighted by atomic mass is 10.2. The number of aromatic nitrogens is 2. The van der Waals surface area contributed by atoms with Crippen molar-refractivity contribution in [1.82, 2.24) is 10.2 Å². The fourth-order valence-electron chi connectivity index (χ4n) is 2.53. The number of nitrogens with zero attached hydrogens (tertiary/aromatic N) is 2. The quantitative estimate of drug-likeness (QED) is 0.436. The van der Waals surface area contributed by atoms with Crippen molar-refractivity contribution in [1.29, 1.82) is 0 Å². The molecule has 3 nitrogen and oxygen atoms in total. The predicted molar refractivity (Wildman–Crippen MR) is 101 cm³/mol. The van der Waals surface area contributed by atoms with E-state index in [0.29, 0.717) is 11.8 Å². The Kier molecular flexibility index (Phi) is 4.61. The van der Waals surface area contributed by atoms with E-state index in [1.54, 1.807) is 11.8 Å². The minimum absolute atomic E-state index is 0.540. The first kappa shape index (κ1) is 15.7. The lowest BCUT2D eigenvalue weighted by Crippen LogP contribution is -1.84. The molecule has 4 heteroatoms. The molecule has 25 heavy (non-hydrogen) atoms. The molecule has 0 atom stereocenters. The zero-order valence-electron chi connectivity index (χ0n) is 13.5. The number of rotatable bonds is 5. The zero-order chi connectivity index (χ0) is 16.9. The predicted octanol–water partition coefficient (Wildman–Crippen LogP) is 5.70. The maximum atomic E-state index is 5.91. The second kappa shape index (κ2) is 7.36. The van der Waals surface area contributed by atoms with Crippen molar-refractivity contribution in [3.05, 3.63) is 90.5 Å². The van der Waals surface area contributed by atoms with Gasteiger partial charge in [0.2, 0.25) is 11.8 Å². The summed E-state index contributed by atoms with van der Waals surface area (Å²) in [5.74, 6) is 1.99. The van der Waals surface area contributed by atoms with Crippen LogP contribution in [0, 0.1) is 0 Å². The molecule has 0 amide bonds. The Labute approximate surface area is 150 Å². The summed E-state index contributed by atoms with van der Waals surface area (Å²) >= 11 is 1.77. The first-order valence-electron chi connectivity index (χ1n) is 8.05. The molecule has 0 radical (unpaired) electrons. The highest BCUT2D eigenvalue weighted by atomic mass is 32.2. The maximum Gasteiger partial charge on any atom is 0.249 e. The van der Waals surface area contributed by atoms with Crippen LogP contribution in [0.1, 0.15) is 5.56 Å². The van der Waals surface area contributed by atoms with Gasteiger partial charge < -0.3 is 4.42 Å². The van der Waals surface area contributed by atoms with Gasteiger partial charge in [0, 0.05) is 16.2 Å². The average molecular weight is 344 g/mol. The van der Waals surface area contributed by atoms with Crippen LogP contribution in [0.2, 0.25) is 0 Å². The Bertz CT molecular complexity index is 952. The van der Waals surface area contributed by atoms with Crippen molar-refractivity contribution in [2.75, 3.05) is 0 Å². The fourth-order valence-corrected chi connectivity index (χ4v) is 3.53. The van der Waals surface area contributed by atoms with Crippen LogP contribution >= 0.6 is 11.8 Å². The van der Waals surface area contributed by atoms with Gasteiger partial charge in [0.25, 0.3) is 0 Å². The van der Waals surface area contributed by atoms with Gasteiger partial charge in [-0.05, 0) is 29.8 Å². The summed E-state index contributed by atoms with van der Waals surface area (Å²) in [5, 5.41) is 8.44. The van der Waals surface area contributed by atoms with Crippen LogP contribution in [0.5, 0.6) is 0 Å². The molecule has 1 aromatic heterocycles. The van der Waals surface area contributed by atoms with Crippen LogP contribution < -0.4 is 0 Å². The molecule has 0 unspecified atom stereocenters. The number of benzene rings is 3. The normalized spacial score (nSPS) is 10.7. The largest absolute Gasteiger partial charge is 0.416 e. The molecule has 3 aromatic carbocycles. The summed E-state index contributed by atoms with van der Waals surface area (Å²) in [5.41, 5.74) is 3.19. The summed E-state index contributed by atoms with van der Waals surface area (Å²) in [6.45, 7) is 0. The van der Waals surface area contributed by atoms with E-state index in [-0.39, 0.29) is 0 Å². The Balaban J connectivity index is 1.60. The van der Waals surface area contributed by atoms with E-state index in [1.165, 1.54) is 5.56 Å². The summed E-state index contributed by atoms with van der Waals surface area (Å²) in [7, 11) is 0. The Morgan fingerprint density at radius 2 is 1.32 bits per heavy atom. The minimum Gasteiger partial charge on any atom is -0.416 e. The Morgan fingerprint density at radius 1 is 0.680 bits per heavy atom. The van der Waals surface area contributed by atoms with E-state index >= 15 is 0 Å². The van der Waals surface area contributed by atoms with E-state index in [4.69, 9.17) is 4.42 Å². The zero-order valence-corrected chi connectivity index (χ0v) is 14.3. The molecule has 0 spiro atoms. The van der Waals surface area contributed by atoms with Crippen molar-refractivity contribution in [2.45, 2.75) is 10.6 Å². The maximum absolute atomic E-state index is 5.91. The van der Waals surface area contributed by atoms with Crippen LogP contribution in [0.3, 0.4) is 0 Å². The number of thioether (sulfide) groups is 1. The van der Waals surface area contributed by atoms with Gasteiger partial charge in [-0.1, -0.05) is 60.7 Å². The van der Waals surface area contributed by atoms with Crippen LogP contribution in [0.15, 0.2) is 94.2 Å². The lowest BCUT2D eigenvalue weighted by molar-refractivity contribution is 0.583. The molecular weight excluding hydrogens is 328 g/mol. The molecule has 4 rings (SSSR count). The second-order valence-electron chi connectivity index (χ2n) is 5.55. The fraction of sp³-hybridized carbons (Fsp3) is 0.0476. The van der Waals surface area contributed by atoms with Crippen LogP contribution in [-0.4, -0.2) is 10.2 Å².